The molecule has 1 unspecified atom stereocenters. The summed E-state index contributed by atoms with van der Waals surface area (Å²) in [7, 11) is -0.518. The molecular weight excluding hydrogens is 280 g/mol. The molecule has 1 heterocycles. The number of hydrogen-bond donors (Lipinski definition) is 1. The lowest BCUT2D eigenvalue weighted by Gasteiger charge is -2.16. The van der Waals surface area contributed by atoms with E-state index in [0.29, 0.717) is 18.0 Å². The molecular formula is C13H20N2O4S. The standard InChI is InChI=1S/C13H20N2O4S/c1-15(2)20(16,17)11-5-6-12(14)13(8-11)19-9-10-4-3-7-18-10/h5-6,8,10H,3-4,7,9,14H2,1-2H3. The Morgan fingerprint density at radius 1 is 1.45 bits per heavy atom. The van der Waals surface area contributed by atoms with Gasteiger partial charge in [-0.25, -0.2) is 12.7 Å². The van der Waals surface area contributed by atoms with Gasteiger partial charge in [-0.15, -0.1) is 0 Å². The molecule has 2 rings (SSSR count). The summed E-state index contributed by atoms with van der Waals surface area (Å²) in [5.74, 6) is 0.378. The van der Waals surface area contributed by atoms with Crippen molar-refractivity contribution in [2.75, 3.05) is 33.0 Å². The molecule has 20 heavy (non-hydrogen) atoms. The Morgan fingerprint density at radius 2 is 2.20 bits per heavy atom. The highest BCUT2D eigenvalue weighted by molar-refractivity contribution is 7.89. The van der Waals surface area contributed by atoms with Gasteiger partial charge in [0.25, 0.3) is 0 Å². The fourth-order valence-corrected chi connectivity index (χ4v) is 2.89. The van der Waals surface area contributed by atoms with E-state index in [4.69, 9.17) is 15.2 Å². The summed E-state index contributed by atoms with van der Waals surface area (Å²) in [5, 5.41) is 0. The van der Waals surface area contributed by atoms with Crippen LogP contribution in [0.4, 0.5) is 5.69 Å². The second-order valence-corrected chi connectivity index (χ2v) is 7.08. The van der Waals surface area contributed by atoms with Crippen LogP contribution in [0.15, 0.2) is 23.1 Å². The van der Waals surface area contributed by atoms with Gasteiger partial charge < -0.3 is 15.2 Å². The van der Waals surface area contributed by atoms with Crippen LogP contribution in [0.25, 0.3) is 0 Å². The Labute approximate surface area is 119 Å². The quantitative estimate of drug-likeness (QED) is 0.823. The Bertz CT molecular complexity index is 566. The van der Waals surface area contributed by atoms with Gasteiger partial charge >= 0.3 is 0 Å². The van der Waals surface area contributed by atoms with Crippen LogP contribution in [0.3, 0.4) is 0 Å². The normalized spacial score (nSPS) is 19.4. The number of benzene rings is 1. The van der Waals surface area contributed by atoms with E-state index in [0.717, 1.165) is 23.8 Å². The van der Waals surface area contributed by atoms with Crippen LogP contribution >= 0.6 is 0 Å². The second-order valence-electron chi connectivity index (χ2n) is 4.93. The number of hydrogen-bond acceptors (Lipinski definition) is 5. The molecule has 0 radical (unpaired) electrons. The molecule has 0 bridgehead atoms. The van der Waals surface area contributed by atoms with Crippen molar-refractivity contribution in [1.29, 1.82) is 0 Å². The lowest BCUT2D eigenvalue weighted by molar-refractivity contribution is 0.0681. The van der Waals surface area contributed by atoms with Crippen molar-refractivity contribution in [3.63, 3.8) is 0 Å². The van der Waals surface area contributed by atoms with Gasteiger partial charge in [-0.3, -0.25) is 0 Å². The van der Waals surface area contributed by atoms with Crippen molar-refractivity contribution in [2.24, 2.45) is 0 Å². The Balaban J connectivity index is 2.16. The zero-order valence-electron chi connectivity index (χ0n) is 11.7. The highest BCUT2D eigenvalue weighted by Gasteiger charge is 2.20. The molecule has 0 aliphatic carbocycles. The van der Waals surface area contributed by atoms with Crippen LogP contribution in [0.2, 0.25) is 0 Å². The van der Waals surface area contributed by atoms with Crippen LogP contribution < -0.4 is 10.5 Å². The summed E-state index contributed by atoms with van der Waals surface area (Å²) >= 11 is 0. The molecule has 1 aliphatic heterocycles. The van der Waals surface area contributed by atoms with Crippen LogP contribution in [0.5, 0.6) is 5.75 Å². The van der Waals surface area contributed by atoms with E-state index in [1.807, 2.05) is 0 Å². The largest absolute Gasteiger partial charge is 0.489 e. The lowest BCUT2D eigenvalue weighted by Crippen LogP contribution is -2.22. The molecule has 1 aromatic carbocycles. The van der Waals surface area contributed by atoms with Crippen molar-refractivity contribution in [3.8, 4) is 5.75 Å². The molecule has 112 valence electrons. The zero-order valence-corrected chi connectivity index (χ0v) is 12.5. The second kappa shape index (κ2) is 5.99. The average molecular weight is 300 g/mol. The van der Waals surface area contributed by atoms with E-state index in [-0.39, 0.29) is 11.0 Å². The maximum atomic E-state index is 12.1. The van der Waals surface area contributed by atoms with Crippen molar-refractivity contribution < 1.29 is 17.9 Å². The molecule has 1 atom stereocenters. The molecule has 1 fully saturated rings. The molecule has 0 aromatic heterocycles. The van der Waals surface area contributed by atoms with Crippen LogP contribution in [-0.4, -0.2) is 46.1 Å². The summed E-state index contributed by atoms with van der Waals surface area (Å²) in [4.78, 5) is 0.166. The summed E-state index contributed by atoms with van der Waals surface area (Å²) in [6.07, 6.45) is 2.04. The number of ether oxygens (including phenoxy) is 2. The molecule has 1 aromatic rings. The van der Waals surface area contributed by atoms with Gasteiger partial charge in [0, 0.05) is 26.8 Å². The van der Waals surface area contributed by atoms with E-state index >= 15 is 0 Å². The third-order valence-electron chi connectivity index (χ3n) is 3.21. The maximum Gasteiger partial charge on any atom is 0.242 e. The van der Waals surface area contributed by atoms with Crippen molar-refractivity contribution in [2.45, 2.75) is 23.8 Å². The Kier molecular flexibility index (Phi) is 4.52. The Morgan fingerprint density at radius 3 is 2.80 bits per heavy atom. The molecule has 0 spiro atoms. The maximum absolute atomic E-state index is 12.1. The molecule has 2 N–H and O–H groups in total. The van der Waals surface area contributed by atoms with Gasteiger partial charge in [-0.2, -0.15) is 0 Å². The summed E-state index contributed by atoms with van der Waals surface area (Å²) in [6.45, 7) is 1.13. The predicted molar refractivity (Wildman–Crippen MR) is 76.2 cm³/mol. The third kappa shape index (κ3) is 3.23. The van der Waals surface area contributed by atoms with E-state index in [9.17, 15) is 8.42 Å². The first kappa shape index (κ1) is 15.1. The van der Waals surface area contributed by atoms with Gasteiger partial charge in [-0.1, -0.05) is 0 Å². The number of nitrogens with two attached hydrogens (primary N) is 1. The van der Waals surface area contributed by atoms with E-state index in [1.165, 1.54) is 26.2 Å². The monoisotopic (exact) mass is 300 g/mol. The highest BCUT2D eigenvalue weighted by atomic mass is 32.2. The van der Waals surface area contributed by atoms with Gasteiger partial charge in [-0.05, 0) is 25.0 Å². The summed E-state index contributed by atoms with van der Waals surface area (Å²) in [5.41, 5.74) is 6.24. The predicted octanol–water partition coefficient (Wildman–Crippen LogP) is 1.08. The molecule has 6 nitrogen and oxygen atoms in total. The first-order chi connectivity index (χ1) is 9.41. The topological polar surface area (TPSA) is 81.9 Å². The van der Waals surface area contributed by atoms with Crippen LogP contribution in [-0.2, 0) is 14.8 Å². The van der Waals surface area contributed by atoms with Gasteiger partial charge in [0.1, 0.15) is 12.4 Å². The fraction of sp³-hybridized carbons (Fsp3) is 0.538. The molecule has 7 heteroatoms. The molecule has 0 saturated carbocycles. The van der Waals surface area contributed by atoms with Crippen molar-refractivity contribution in [3.05, 3.63) is 18.2 Å². The van der Waals surface area contributed by atoms with Crippen LogP contribution in [0, 0.1) is 0 Å². The third-order valence-corrected chi connectivity index (χ3v) is 5.02. The van der Waals surface area contributed by atoms with E-state index < -0.39 is 10.0 Å². The van der Waals surface area contributed by atoms with Gasteiger partial charge in [0.15, 0.2) is 0 Å². The molecule has 1 saturated heterocycles. The van der Waals surface area contributed by atoms with Crippen molar-refractivity contribution >= 4 is 15.7 Å². The number of nitrogen functional groups attached to an aromatic ring is 1. The number of nitrogens with zero attached hydrogens (tertiary/aromatic N) is 1. The number of rotatable bonds is 5. The zero-order chi connectivity index (χ0) is 14.8. The summed E-state index contributed by atoms with van der Waals surface area (Å²) in [6, 6.07) is 4.48. The van der Waals surface area contributed by atoms with Gasteiger partial charge in [0.2, 0.25) is 10.0 Å². The lowest BCUT2D eigenvalue weighted by atomic mass is 10.2. The minimum atomic E-state index is -3.49. The molecule has 0 amide bonds. The highest BCUT2D eigenvalue weighted by Crippen LogP contribution is 2.27. The number of anilines is 1. The SMILES string of the molecule is CN(C)S(=O)(=O)c1ccc(N)c(OCC2CCCO2)c1. The first-order valence-electron chi connectivity index (χ1n) is 6.47. The molecule has 1 aliphatic rings. The fourth-order valence-electron chi connectivity index (χ4n) is 1.97. The van der Waals surface area contributed by atoms with E-state index in [2.05, 4.69) is 0 Å². The number of sulfonamides is 1. The minimum absolute atomic E-state index is 0.0588. The minimum Gasteiger partial charge on any atom is -0.489 e. The van der Waals surface area contributed by atoms with Crippen LogP contribution in [0.1, 0.15) is 12.8 Å². The first-order valence-corrected chi connectivity index (χ1v) is 7.91. The Hall–Kier alpha value is -1.31. The average Bonchev–Trinajstić information content (AvgIpc) is 2.90. The summed E-state index contributed by atoms with van der Waals surface area (Å²) < 4.78 is 36.3. The van der Waals surface area contributed by atoms with E-state index in [1.54, 1.807) is 6.07 Å². The van der Waals surface area contributed by atoms with Gasteiger partial charge in [0.05, 0.1) is 16.7 Å². The smallest absolute Gasteiger partial charge is 0.242 e. The van der Waals surface area contributed by atoms with Crippen molar-refractivity contribution in [1.82, 2.24) is 4.31 Å².